The lowest BCUT2D eigenvalue weighted by Gasteiger charge is -2.44. The number of hydrogen-bond donors (Lipinski definition) is 1. The maximum atomic E-state index is 12.9. The number of amides is 1. The highest BCUT2D eigenvalue weighted by Gasteiger charge is 2.38. The summed E-state index contributed by atoms with van der Waals surface area (Å²) in [6.07, 6.45) is 2.35. The first-order chi connectivity index (χ1) is 12.0. The lowest BCUT2D eigenvalue weighted by molar-refractivity contribution is -0.123. The zero-order chi connectivity index (χ0) is 17.9. The molecule has 4 nitrogen and oxygen atoms in total. The van der Waals surface area contributed by atoms with Crippen molar-refractivity contribution >= 4 is 5.91 Å². The summed E-state index contributed by atoms with van der Waals surface area (Å²) in [6, 6.07) is 10.3. The van der Waals surface area contributed by atoms with Crippen LogP contribution in [0.15, 0.2) is 30.3 Å². The van der Waals surface area contributed by atoms with Crippen molar-refractivity contribution in [3.05, 3.63) is 35.9 Å². The van der Waals surface area contributed by atoms with E-state index in [4.69, 9.17) is 0 Å². The van der Waals surface area contributed by atoms with Crippen LogP contribution in [-0.4, -0.2) is 60.5 Å². The number of nitrogens with one attached hydrogen (secondary N) is 1. The number of carbonyl (C=O) groups excluding carboxylic acids is 1. The Morgan fingerprint density at radius 2 is 1.80 bits per heavy atom. The average molecular weight is 344 g/mol. The van der Waals surface area contributed by atoms with E-state index in [0.717, 1.165) is 38.3 Å². The van der Waals surface area contributed by atoms with E-state index in [-0.39, 0.29) is 17.4 Å². The van der Waals surface area contributed by atoms with Crippen LogP contribution in [0.5, 0.6) is 0 Å². The molecule has 1 saturated heterocycles. The van der Waals surface area contributed by atoms with E-state index in [1.165, 1.54) is 12.8 Å². The fourth-order valence-electron chi connectivity index (χ4n) is 3.92. The maximum absolute atomic E-state index is 12.9. The Kier molecular flexibility index (Phi) is 5.80. The van der Waals surface area contributed by atoms with Crippen molar-refractivity contribution in [3.8, 4) is 0 Å². The molecule has 1 atom stereocenters. The summed E-state index contributed by atoms with van der Waals surface area (Å²) in [5.74, 6) is 0.751. The molecule has 4 heteroatoms. The zero-order valence-corrected chi connectivity index (χ0v) is 16.0. The monoisotopic (exact) mass is 343 g/mol. The molecular weight excluding hydrogens is 310 g/mol. The van der Waals surface area contributed by atoms with E-state index >= 15 is 0 Å². The van der Waals surface area contributed by atoms with Crippen molar-refractivity contribution in [2.75, 3.05) is 39.3 Å². The van der Waals surface area contributed by atoms with Crippen LogP contribution < -0.4 is 5.32 Å². The molecule has 1 heterocycles. The fourth-order valence-corrected chi connectivity index (χ4v) is 3.92. The van der Waals surface area contributed by atoms with Gasteiger partial charge in [0.25, 0.3) is 0 Å². The third-order valence-corrected chi connectivity index (χ3v) is 5.91. The van der Waals surface area contributed by atoms with Gasteiger partial charge in [0.05, 0.1) is 5.92 Å². The molecule has 138 valence electrons. The van der Waals surface area contributed by atoms with Gasteiger partial charge < -0.3 is 10.2 Å². The number of likely N-dealkylation sites (N-methyl/N-ethyl adjacent to an activating group) is 1. The molecule has 2 fully saturated rings. The summed E-state index contributed by atoms with van der Waals surface area (Å²) < 4.78 is 0. The van der Waals surface area contributed by atoms with E-state index in [1.54, 1.807) is 0 Å². The van der Waals surface area contributed by atoms with Crippen molar-refractivity contribution in [2.45, 2.75) is 45.1 Å². The van der Waals surface area contributed by atoms with Crippen LogP contribution in [0.2, 0.25) is 0 Å². The third kappa shape index (κ3) is 4.62. The molecule has 1 aliphatic heterocycles. The SMILES string of the molecule is CCN1CCN(C(C)(C)CNC(=O)C(c2ccccc2)C2CC2)CC1. The highest BCUT2D eigenvalue weighted by atomic mass is 16.1. The Morgan fingerprint density at radius 3 is 2.36 bits per heavy atom. The number of rotatable bonds is 7. The van der Waals surface area contributed by atoms with Crippen molar-refractivity contribution in [2.24, 2.45) is 5.92 Å². The molecule has 0 aromatic heterocycles. The second-order valence-corrected chi connectivity index (χ2v) is 8.18. The number of benzene rings is 1. The number of hydrogen-bond acceptors (Lipinski definition) is 3. The standard InChI is InChI=1S/C21H33N3O/c1-4-23-12-14-24(15-13-23)21(2,3)16-22-20(25)19(18-10-11-18)17-8-6-5-7-9-17/h5-9,18-19H,4,10-16H2,1-3H3,(H,22,25). The Labute approximate surface area is 152 Å². The van der Waals surface area contributed by atoms with E-state index < -0.39 is 0 Å². The zero-order valence-electron chi connectivity index (χ0n) is 16.0. The minimum absolute atomic E-state index is 0.000278. The summed E-state index contributed by atoms with van der Waals surface area (Å²) in [4.78, 5) is 17.9. The van der Waals surface area contributed by atoms with Gasteiger partial charge in [0.15, 0.2) is 0 Å². The molecule has 1 aromatic carbocycles. The van der Waals surface area contributed by atoms with Gasteiger partial charge in [-0.15, -0.1) is 0 Å². The van der Waals surface area contributed by atoms with E-state index in [0.29, 0.717) is 12.5 Å². The van der Waals surface area contributed by atoms with Gasteiger partial charge in [0, 0.05) is 38.3 Å². The molecule has 1 aliphatic carbocycles. The largest absolute Gasteiger partial charge is 0.354 e. The molecule has 25 heavy (non-hydrogen) atoms. The van der Waals surface area contributed by atoms with Crippen LogP contribution in [0.4, 0.5) is 0 Å². The van der Waals surface area contributed by atoms with Crippen LogP contribution >= 0.6 is 0 Å². The molecule has 1 saturated carbocycles. The summed E-state index contributed by atoms with van der Waals surface area (Å²) in [7, 11) is 0. The molecule has 3 rings (SSSR count). The van der Waals surface area contributed by atoms with Crippen LogP contribution in [0.25, 0.3) is 0 Å². The fraction of sp³-hybridized carbons (Fsp3) is 0.667. The topological polar surface area (TPSA) is 35.6 Å². The van der Waals surface area contributed by atoms with Gasteiger partial charge in [-0.1, -0.05) is 37.3 Å². The van der Waals surface area contributed by atoms with Crippen LogP contribution in [0, 0.1) is 5.92 Å². The van der Waals surface area contributed by atoms with Gasteiger partial charge in [0.2, 0.25) is 5.91 Å². The molecule has 1 aromatic rings. The second kappa shape index (κ2) is 7.88. The highest BCUT2D eigenvalue weighted by molar-refractivity contribution is 5.84. The summed E-state index contributed by atoms with van der Waals surface area (Å²) >= 11 is 0. The predicted molar refractivity (Wildman–Crippen MR) is 103 cm³/mol. The molecule has 1 unspecified atom stereocenters. The van der Waals surface area contributed by atoms with Crippen LogP contribution in [0.1, 0.15) is 45.1 Å². The first-order valence-corrected chi connectivity index (χ1v) is 9.81. The van der Waals surface area contributed by atoms with Gasteiger partial charge in [-0.25, -0.2) is 0 Å². The Morgan fingerprint density at radius 1 is 1.16 bits per heavy atom. The van der Waals surface area contributed by atoms with E-state index in [1.807, 2.05) is 18.2 Å². The smallest absolute Gasteiger partial charge is 0.227 e. The van der Waals surface area contributed by atoms with Crippen molar-refractivity contribution < 1.29 is 4.79 Å². The molecule has 0 radical (unpaired) electrons. The lowest BCUT2D eigenvalue weighted by Crippen LogP contribution is -2.58. The van der Waals surface area contributed by atoms with Gasteiger partial charge in [-0.2, -0.15) is 0 Å². The predicted octanol–water partition coefficient (Wildman–Crippen LogP) is 2.71. The molecule has 2 aliphatic rings. The van der Waals surface area contributed by atoms with Gasteiger partial charge in [-0.05, 0) is 44.7 Å². The molecule has 0 spiro atoms. The first-order valence-electron chi connectivity index (χ1n) is 9.81. The van der Waals surface area contributed by atoms with Crippen LogP contribution in [0.3, 0.4) is 0 Å². The number of carbonyl (C=O) groups is 1. The molecular formula is C21H33N3O. The number of nitrogens with zero attached hydrogens (tertiary/aromatic N) is 2. The molecule has 1 N–H and O–H groups in total. The summed E-state index contributed by atoms with van der Waals surface area (Å²) in [5.41, 5.74) is 1.16. The normalized spacial score (nSPS) is 21.1. The summed E-state index contributed by atoms with van der Waals surface area (Å²) in [5, 5.41) is 3.27. The Hall–Kier alpha value is -1.39. The number of piperazine rings is 1. The van der Waals surface area contributed by atoms with E-state index in [9.17, 15) is 4.79 Å². The van der Waals surface area contributed by atoms with Crippen molar-refractivity contribution in [1.82, 2.24) is 15.1 Å². The maximum Gasteiger partial charge on any atom is 0.227 e. The Bertz CT molecular complexity index is 560. The van der Waals surface area contributed by atoms with Gasteiger partial charge >= 0.3 is 0 Å². The molecule has 0 bridgehead atoms. The minimum atomic E-state index is 0.000278. The quantitative estimate of drug-likeness (QED) is 0.827. The van der Waals surface area contributed by atoms with Crippen molar-refractivity contribution in [3.63, 3.8) is 0 Å². The third-order valence-electron chi connectivity index (χ3n) is 5.91. The average Bonchev–Trinajstić information content (AvgIpc) is 3.46. The Balaban J connectivity index is 1.57. The lowest BCUT2D eigenvalue weighted by atomic mass is 9.92. The first kappa shape index (κ1) is 18.4. The summed E-state index contributed by atoms with van der Waals surface area (Å²) in [6.45, 7) is 13.0. The van der Waals surface area contributed by atoms with Gasteiger partial charge in [-0.3, -0.25) is 9.69 Å². The molecule has 1 amide bonds. The van der Waals surface area contributed by atoms with Crippen molar-refractivity contribution in [1.29, 1.82) is 0 Å². The second-order valence-electron chi connectivity index (χ2n) is 8.18. The highest BCUT2D eigenvalue weighted by Crippen LogP contribution is 2.42. The van der Waals surface area contributed by atoms with Gasteiger partial charge in [0.1, 0.15) is 0 Å². The minimum Gasteiger partial charge on any atom is -0.354 e. The van der Waals surface area contributed by atoms with Crippen LogP contribution in [-0.2, 0) is 4.79 Å². The van der Waals surface area contributed by atoms with E-state index in [2.05, 4.69) is 48.0 Å².